The van der Waals surface area contributed by atoms with E-state index >= 15 is 0 Å². The zero-order valence-corrected chi connectivity index (χ0v) is 13.2. The maximum atomic E-state index is 12.5. The number of rotatable bonds is 3. The van der Waals surface area contributed by atoms with E-state index in [1.54, 1.807) is 0 Å². The van der Waals surface area contributed by atoms with Gasteiger partial charge in [-0.25, -0.2) is 0 Å². The van der Waals surface area contributed by atoms with E-state index in [0.29, 0.717) is 11.7 Å². The first-order valence-corrected chi connectivity index (χ1v) is 8.56. The van der Waals surface area contributed by atoms with Gasteiger partial charge < -0.3 is 10.3 Å². The monoisotopic (exact) mass is 318 g/mol. The van der Waals surface area contributed by atoms with E-state index in [2.05, 4.69) is 10.1 Å². The minimum absolute atomic E-state index is 0.0771. The average molecular weight is 318 g/mol. The minimum Gasteiger partial charge on any atom is -0.337 e. The summed E-state index contributed by atoms with van der Waals surface area (Å²) in [5, 5.41) is 3.99. The molecule has 2 unspecified atom stereocenters. The van der Waals surface area contributed by atoms with Crippen LogP contribution in [-0.4, -0.2) is 26.9 Å². The van der Waals surface area contributed by atoms with E-state index < -0.39 is 5.54 Å². The van der Waals surface area contributed by atoms with Gasteiger partial charge in [-0.2, -0.15) is 4.98 Å². The fraction of sp³-hybridized carbons (Fsp3) is 0.750. The van der Waals surface area contributed by atoms with Crippen LogP contribution in [0.25, 0.3) is 0 Å². The van der Waals surface area contributed by atoms with Gasteiger partial charge in [0.2, 0.25) is 17.7 Å². The zero-order valence-electron chi connectivity index (χ0n) is 13.2. The molecule has 7 nitrogen and oxygen atoms in total. The van der Waals surface area contributed by atoms with Crippen LogP contribution in [0.3, 0.4) is 0 Å². The summed E-state index contributed by atoms with van der Waals surface area (Å²) in [6.07, 6.45) is 7.48. The highest BCUT2D eigenvalue weighted by Crippen LogP contribution is 2.39. The molecule has 2 amide bonds. The van der Waals surface area contributed by atoms with Gasteiger partial charge >= 0.3 is 0 Å². The molecule has 1 aromatic heterocycles. The number of hydrogen-bond donors (Lipinski definition) is 1. The molecule has 0 aromatic carbocycles. The third-order valence-corrected chi connectivity index (χ3v) is 5.63. The molecule has 3 fully saturated rings. The lowest BCUT2D eigenvalue weighted by atomic mass is 9.81. The number of aromatic nitrogens is 2. The molecular formula is C16H22N4O3. The number of nitrogens with zero attached hydrogens (tertiary/aromatic N) is 3. The quantitative estimate of drug-likeness (QED) is 0.847. The molecule has 1 aliphatic heterocycles. The first-order chi connectivity index (χ1) is 11.1. The lowest BCUT2D eigenvalue weighted by Crippen LogP contribution is -2.34. The van der Waals surface area contributed by atoms with Crippen molar-refractivity contribution < 1.29 is 14.1 Å². The van der Waals surface area contributed by atoms with Crippen molar-refractivity contribution in [1.82, 2.24) is 15.0 Å². The molecule has 124 valence electrons. The number of amides is 2. The number of likely N-dealkylation sites (tertiary alicyclic amines) is 1. The van der Waals surface area contributed by atoms with Crippen LogP contribution in [0.1, 0.15) is 63.1 Å². The smallest absolute Gasteiger partial charge is 0.246 e. The summed E-state index contributed by atoms with van der Waals surface area (Å²) in [5.41, 5.74) is 5.80. The average Bonchev–Trinajstić information content (AvgIpc) is 3.25. The van der Waals surface area contributed by atoms with Crippen molar-refractivity contribution in [2.45, 2.75) is 63.5 Å². The van der Waals surface area contributed by atoms with E-state index in [0.717, 1.165) is 51.4 Å². The van der Waals surface area contributed by atoms with Gasteiger partial charge in [-0.15, -0.1) is 0 Å². The fourth-order valence-electron chi connectivity index (χ4n) is 4.27. The Kier molecular flexibility index (Phi) is 3.48. The maximum Gasteiger partial charge on any atom is 0.246 e. The van der Waals surface area contributed by atoms with E-state index in [-0.39, 0.29) is 30.2 Å². The van der Waals surface area contributed by atoms with Crippen LogP contribution in [0.2, 0.25) is 0 Å². The second-order valence-electron chi connectivity index (χ2n) is 7.14. The first-order valence-electron chi connectivity index (χ1n) is 8.56. The van der Waals surface area contributed by atoms with Crippen LogP contribution < -0.4 is 5.73 Å². The van der Waals surface area contributed by atoms with Gasteiger partial charge in [0.1, 0.15) is 6.54 Å². The second kappa shape index (κ2) is 5.40. The van der Waals surface area contributed by atoms with Gasteiger partial charge in [0.25, 0.3) is 0 Å². The van der Waals surface area contributed by atoms with Crippen LogP contribution >= 0.6 is 0 Å². The van der Waals surface area contributed by atoms with Crippen molar-refractivity contribution in [1.29, 1.82) is 0 Å². The number of hydrogen-bond acceptors (Lipinski definition) is 6. The van der Waals surface area contributed by atoms with Gasteiger partial charge in [0.15, 0.2) is 5.82 Å². The highest BCUT2D eigenvalue weighted by molar-refractivity contribution is 6.05. The number of nitrogens with two attached hydrogens (primary N) is 1. The van der Waals surface area contributed by atoms with Crippen LogP contribution in [0, 0.1) is 11.8 Å². The topological polar surface area (TPSA) is 102 Å². The first kappa shape index (κ1) is 14.8. The van der Waals surface area contributed by atoms with Crippen molar-refractivity contribution in [3.05, 3.63) is 11.7 Å². The van der Waals surface area contributed by atoms with Gasteiger partial charge in [0, 0.05) is 0 Å². The molecule has 2 atom stereocenters. The molecule has 1 aromatic rings. The lowest BCUT2D eigenvalue weighted by Gasteiger charge is -2.19. The zero-order chi connectivity index (χ0) is 16.0. The molecule has 2 N–H and O–H groups in total. The standard InChI is InChI=1S/C16H22N4O3/c17-16(7-3-4-8-16)15-18-12(23-19-15)9-20-13(21)10-5-1-2-6-11(10)14(20)22/h10-11H,1-9,17H2. The van der Waals surface area contributed by atoms with Crippen molar-refractivity contribution in [2.24, 2.45) is 17.6 Å². The highest BCUT2D eigenvalue weighted by atomic mass is 16.5. The van der Waals surface area contributed by atoms with Gasteiger partial charge in [0.05, 0.1) is 17.4 Å². The van der Waals surface area contributed by atoms with Crippen LogP contribution in [0.4, 0.5) is 0 Å². The summed E-state index contributed by atoms with van der Waals surface area (Å²) in [6.45, 7) is 0.0771. The van der Waals surface area contributed by atoms with Crippen molar-refractivity contribution in [3.63, 3.8) is 0 Å². The summed E-state index contributed by atoms with van der Waals surface area (Å²) in [6, 6.07) is 0. The Morgan fingerprint density at radius 3 is 2.30 bits per heavy atom. The Bertz CT molecular complexity index is 611. The molecule has 1 saturated heterocycles. The molecule has 7 heteroatoms. The Morgan fingerprint density at radius 1 is 1.09 bits per heavy atom. The highest BCUT2D eigenvalue weighted by Gasteiger charge is 2.48. The molecule has 2 saturated carbocycles. The molecule has 2 aliphatic carbocycles. The fourth-order valence-corrected chi connectivity index (χ4v) is 4.27. The van der Waals surface area contributed by atoms with Gasteiger partial charge in [-0.3, -0.25) is 14.5 Å². The van der Waals surface area contributed by atoms with Gasteiger partial charge in [-0.05, 0) is 25.7 Å². The van der Waals surface area contributed by atoms with E-state index in [1.807, 2.05) is 0 Å². The van der Waals surface area contributed by atoms with Gasteiger partial charge in [-0.1, -0.05) is 30.8 Å². The Hall–Kier alpha value is -1.76. The van der Waals surface area contributed by atoms with E-state index in [9.17, 15) is 9.59 Å². The van der Waals surface area contributed by atoms with Crippen LogP contribution in [0.5, 0.6) is 0 Å². The third kappa shape index (κ3) is 2.38. The summed E-state index contributed by atoms with van der Waals surface area (Å²) in [4.78, 5) is 30.6. The summed E-state index contributed by atoms with van der Waals surface area (Å²) in [7, 11) is 0. The molecule has 2 heterocycles. The Labute approximate surface area is 134 Å². The van der Waals surface area contributed by atoms with E-state index in [1.165, 1.54) is 4.90 Å². The molecule has 23 heavy (non-hydrogen) atoms. The normalized spacial score (nSPS) is 30.0. The lowest BCUT2D eigenvalue weighted by molar-refractivity contribution is -0.141. The molecule has 0 spiro atoms. The number of carbonyl (C=O) groups excluding carboxylic acids is 2. The Balaban J connectivity index is 1.51. The minimum atomic E-state index is -0.519. The largest absolute Gasteiger partial charge is 0.337 e. The molecule has 4 rings (SSSR count). The Morgan fingerprint density at radius 2 is 1.70 bits per heavy atom. The number of imide groups is 1. The summed E-state index contributed by atoms with van der Waals surface area (Å²) < 4.78 is 5.27. The van der Waals surface area contributed by atoms with Crippen LogP contribution in [-0.2, 0) is 21.7 Å². The van der Waals surface area contributed by atoms with Crippen molar-refractivity contribution >= 4 is 11.8 Å². The SMILES string of the molecule is NC1(c2noc(CN3C(=O)C4CCCCC4C3=O)n2)CCCC1. The summed E-state index contributed by atoms with van der Waals surface area (Å²) >= 11 is 0. The predicted molar refractivity (Wildman–Crippen MR) is 79.6 cm³/mol. The van der Waals surface area contributed by atoms with Crippen molar-refractivity contribution in [2.75, 3.05) is 0 Å². The summed E-state index contributed by atoms with van der Waals surface area (Å²) in [5.74, 6) is 0.354. The molecule has 0 radical (unpaired) electrons. The predicted octanol–water partition coefficient (Wildman–Crippen LogP) is 1.47. The number of carbonyl (C=O) groups is 2. The number of fused-ring (bicyclic) bond motifs is 1. The molecular weight excluding hydrogens is 296 g/mol. The maximum absolute atomic E-state index is 12.5. The van der Waals surface area contributed by atoms with E-state index in [4.69, 9.17) is 10.3 Å². The third-order valence-electron chi connectivity index (χ3n) is 5.63. The molecule has 0 bridgehead atoms. The van der Waals surface area contributed by atoms with Crippen LogP contribution in [0.15, 0.2) is 4.52 Å². The molecule has 3 aliphatic rings. The van der Waals surface area contributed by atoms with Crippen molar-refractivity contribution in [3.8, 4) is 0 Å². The second-order valence-corrected chi connectivity index (χ2v) is 7.14.